The first kappa shape index (κ1) is 42.8. The van der Waals surface area contributed by atoms with E-state index < -0.39 is 83.7 Å². The number of hydrogen-bond acceptors (Lipinski definition) is 12. The van der Waals surface area contributed by atoms with E-state index >= 15 is 0 Å². The molecule has 4 aliphatic rings. The molecule has 0 aromatic carbocycles. The SMILES string of the molecule is CC[C@H]1NC(=O)[C@H](C)[C@@H](O[C@H]2C[C@@](C)(OC)C[C@H](C)O2)[C@H](C)[C@@H](O[C@@H]2O[C@H](C)C[C@H](N(C)CCO)[C@H]2O)[C@@]2(C)C[C@@H](C)[C@@H](O2)[C@H](C)[C@@H](O)[C@]1(C)O. The van der Waals surface area contributed by atoms with Crippen molar-refractivity contribution in [2.75, 3.05) is 27.3 Å². The number of nitrogens with zero attached hydrogens (tertiary/aromatic N) is 1. The van der Waals surface area contributed by atoms with Gasteiger partial charge in [0.1, 0.15) is 11.7 Å². The standard InChI is InChI=1S/C38H70N2O11/c1-13-27-38(10,45)32(43)23(5)30-20(2)17-37(9,51-30)33(50-35-29(42)26(16-21(3)48-35)40(11)14-15-41)24(6)31(25(7)34(44)39-27)49-28-19-36(8,46-12)18-22(4)47-28/h20-33,35,41-43,45H,13-19H2,1-12H3,(H,39,44)/t20-,21-,22+,23+,24+,25-,26+,27-,28+,29-,30-,31+,32-,33-,35+,36+,37-,38-/m1/s1. The molecule has 0 spiro atoms. The smallest absolute Gasteiger partial charge is 0.225 e. The van der Waals surface area contributed by atoms with Crippen molar-refractivity contribution in [1.82, 2.24) is 10.2 Å². The van der Waals surface area contributed by atoms with Gasteiger partial charge in [-0.3, -0.25) is 9.69 Å². The summed E-state index contributed by atoms with van der Waals surface area (Å²) in [7, 11) is 3.54. The fourth-order valence-corrected chi connectivity index (χ4v) is 9.63. The molecule has 5 N–H and O–H groups in total. The highest BCUT2D eigenvalue weighted by Crippen LogP contribution is 2.47. The first-order valence-corrected chi connectivity index (χ1v) is 19.3. The normalized spacial score (nSPS) is 50.3. The van der Waals surface area contributed by atoms with E-state index in [-0.39, 0.29) is 36.7 Å². The highest BCUT2D eigenvalue weighted by molar-refractivity contribution is 5.79. The number of hydrogen-bond donors (Lipinski definition) is 5. The lowest BCUT2D eigenvalue weighted by atomic mass is 9.75. The summed E-state index contributed by atoms with van der Waals surface area (Å²) in [4.78, 5) is 16.2. The number of carbonyl (C=O) groups is 1. The molecule has 51 heavy (non-hydrogen) atoms. The number of aliphatic hydroxyl groups is 4. The van der Waals surface area contributed by atoms with E-state index in [1.807, 2.05) is 60.4 Å². The van der Waals surface area contributed by atoms with Crippen LogP contribution in [0.3, 0.4) is 0 Å². The minimum atomic E-state index is -1.66. The van der Waals surface area contributed by atoms with Crippen LogP contribution in [0.15, 0.2) is 0 Å². The number of fused-ring (bicyclic) bond motifs is 2. The van der Waals surface area contributed by atoms with Crippen LogP contribution in [-0.4, -0.2) is 143 Å². The van der Waals surface area contributed by atoms with Gasteiger partial charge in [0, 0.05) is 44.4 Å². The van der Waals surface area contributed by atoms with Crippen molar-refractivity contribution in [3.8, 4) is 0 Å². The molecule has 13 nitrogen and oxygen atoms in total. The maximum Gasteiger partial charge on any atom is 0.225 e. The van der Waals surface area contributed by atoms with Gasteiger partial charge in [-0.15, -0.1) is 0 Å². The summed E-state index contributed by atoms with van der Waals surface area (Å²) in [5.74, 6) is -2.15. The first-order chi connectivity index (χ1) is 23.7. The monoisotopic (exact) mass is 730 g/mol. The molecule has 4 rings (SSSR count). The van der Waals surface area contributed by atoms with Gasteiger partial charge in [-0.05, 0) is 66.8 Å². The molecule has 298 valence electrons. The van der Waals surface area contributed by atoms with Gasteiger partial charge >= 0.3 is 0 Å². The molecule has 0 radical (unpaired) electrons. The van der Waals surface area contributed by atoms with Crippen molar-refractivity contribution in [3.63, 3.8) is 0 Å². The highest BCUT2D eigenvalue weighted by atomic mass is 16.7. The third kappa shape index (κ3) is 9.12. The zero-order valence-corrected chi connectivity index (χ0v) is 33.2. The maximum absolute atomic E-state index is 14.3. The lowest BCUT2D eigenvalue weighted by molar-refractivity contribution is -0.312. The van der Waals surface area contributed by atoms with Gasteiger partial charge in [0.15, 0.2) is 12.6 Å². The van der Waals surface area contributed by atoms with Crippen LogP contribution in [0.2, 0.25) is 0 Å². The van der Waals surface area contributed by atoms with Crippen molar-refractivity contribution in [3.05, 3.63) is 0 Å². The van der Waals surface area contributed by atoms with Gasteiger partial charge in [-0.1, -0.05) is 34.6 Å². The Hall–Kier alpha value is -0.970. The third-order valence-corrected chi connectivity index (χ3v) is 12.7. The third-order valence-electron chi connectivity index (χ3n) is 12.7. The Morgan fingerprint density at radius 3 is 2.24 bits per heavy atom. The van der Waals surface area contributed by atoms with Gasteiger partial charge < -0.3 is 54.2 Å². The molecule has 4 fully saturated rings. The predicted octanol–water partition coefficient (Wildman–Crippen LogP) is 2.59. The minimum Gasteiger partial charge on any atom is -0.395 e. The quantitative estimate of drug-likeness (QED) is 0.236. The number of nitrogens with one attached hydrogen (secondary N) is 1. The summed E-state index contributed by atoms with van der Waals surface area (Å²) >= 11 is 0. The molecule has 0 aromatic rings. The number of likely N-dealkylation sites (N-methyl/N-ethyl adjacent to an activating group) is 1. The number of rotatable bonds is 9. The summed E-state index contributed by atoms with van der Waals surface area (Å²) in [6.45, 7) is 19.4. The Kier molecular flexibility index (Phi) is 14.1. The van der Waals surface area contributed by atoms with E-state index in [0.717, 1.165) is 0 Å². The lowest BCUT2D eigenvalue weighted by Crippen LogP contribution is -2.61. The molecule has 0 aliphatic carbocycles. The Morgan fingerprint density at radius 2 is 1.63 bits per heavy atom. The molecule has 18 atom stereocenters. The van der Waals surface area contributed by atoms with Gasteiger partial charge in [0.05, 0.1) is 66.4 Å². The van der Waals surface area contributed by atoms with Gasteiger partial charge in [-0.25, -0.2) is 0 Å². The Bertz CT molecular complexity index is 1150. The second kappa shape index (κ2) is 16.8. The molecule has 2 bridgehead atoms. The van der Waals surface area contributed by atoms with Crippen molar-refractivity contribution < 1.29 is 53.6 Å². The fraction of sp³-hybridized carbons (Fsp3) is 0.974. The number of methoxy groups -OCH3 is 1. The maximum atomic E-state index is 14.3. The van der Waals surface area contributed by atoms with Crippen molar-refractivity contribution in [2.24, 2.45) is 23.7 Å². The molecule has 0 aromatic heterocycles. The number of amides is 1. The number of aliphatic hydroxyl groups excluding tert-OH is 3. The summed E-state index contributed by atoms with van der Waals surface area (Å²) in [5.41, 5.74) is -3.13. The average Bonchev–Trinajstić information content (AvgIpc) is 3.38. The molecular formula is C38H70N2O11. The summed E-state index contributed by atoms with van der Waals surface area (Å²) < 4.78 is 39.4. The fourth-order valence-electron chi connectivity index (χ4n) is 9.63. The Balaban J connectivity index is 1.82. The van der Waals surface area contributed by atoms with Crippen LogP contribution in [0, 0.1) is 23.7 Å². The second-order valence-electron chi connectivity index (χ2n) is 17.1. The van der Waals surface area contributed by atoms with Crippen LogP contribution in [0.4, 0.5) is 0 Å². The number of carbonyl (C=O) groups excluding carboxylic acids is 1. The van der Waals surface area contributed by atoms with Crippen LogP contribution < -0.4 is 5.32 Å². The van der Waals surface area contributed by atoms with E-state index in [9.17, 15) is 25.2 Å². The molecule has 4 heterocycles. The summed E-state index contributed by atoms with van der Waals surface area (Å²) in [6, 6.07) is -1.08. The second-order valence-corrected chi connectivity index (χ2v) is 17.1. The molecule has 4 saturated heterocycles. The van der Waals surface area contributed by atoms with Crippen molar-refractivity contribution in [1.29, 1.82) is 0 Å². The zero-order chi connectivity index (χ0) is 38.2. The molecule has 4 aliphatic heterocycles. The molecule has 1 amide bonds. The topological polar surface area (TPSA) is 169 Å². The first-order valence-electron chi connectivity index (χ1n) is 19.3. The Labute approximate surface area is 306 Å². The molecule has 13 heteroatoms. The van der Waals surface area contributed by atoms with Crippen molar-refractivity contribution in [2.45, 2.75) is 186 Å². The highest BCUT2D eigenvalue weighted by Gasteiger charge is 2.57. The van der Waals surface area contributed by atoms with E-state index in [2.05, 4.69) is 12.2 Å². The van der Waals surface area contributed by atoms with Crippen molar-refractivity contribution >= 4 is 5.91 Å². The molecule has 0 saturated carbocycles. The predicted molar refractivity (Wildman–Crippen MR) is 191 cm³/mol. The van der Waals surface area contributed by atoms with E-state index in [1.54, 1.807) is 21.0 Å². The van der Waals surface area contributed by atoms with E-state index in [0.29, 0.717) is 38.6 Å². The van der Waals surface area contributed by atoms with Gasteiger partial charge in [0.25, 0.3) is 0 Å². The van der Waals surface area contributed by atoms with Crippen LogP contribution in [0.25, 0.3) is 0 Å². The van der Waals surface area contributed by atoms with E-state index in [4.69, 9.17) is 28.4 Å². The van der Waals surface area contributed by atoms with Gasteiger partial charge in [0.2, 0.25) is 5.91 Å². The zero-order valence-electron chi connectivity index (χ0n) is 33.2. The largest absolute Gasteiger partial charge is 0.395 e. The Morgan fingerprint density at radius 1 is 0.961 bits per heavy atom. The van der Waals surface area contributed by atoms with Crippen LogP contribution in [-0.2, 0) is 33.2 Å². The van der Waals surface area contributed by atoms with Crippen LogP contribution >= 0.6 is 0 Å². The van der Waals surface area contributed by atoms with E-state index in [1.165, 1.54) is 0 Å². The van der Waals surface area contributed by atoms with Crippen LogP contribution in [0.1, 0.15) is 101 Å². The number of ether oxygens (including phenoxy) is 6. The summed E-state index contributed by atoms with van der Waals surface area (Å²) in [6.07, 6.45) is -3.78. The van der Waals surface area contributed by atoms with Crippen LogP contribution in [0.5, 0.6) is 0 Å². The molecule has 0 unspecified atom stereocenters. The summed E-state index contributed by atoms with van der Waals surface area (Å²) in [5, 5.41) is 48.0. The lowest BCUT2D eigenvalue weighted by Gasteiger charge is -2.48. The average molecular weight is 731 g/mol. The van der Waals surface area contributed by atoms with Gasteiger partial charge in [-0.2, -0.15) is 0 Å². The molecular weight excluding hydrogens is 660 g/mol. The minimum absolute atomic E-state index is 0.0346.